The van der Waals surface area contributed by atoms with Gasteiger partial charge < -0.3 is 0 Å². The zero-order valence-electron chi connectivity index (χ0n) is 7.66. The molecule has 2 nitrogen and oxygen atoms in total. The van der Waals surface area contributed by atoms with Crippen LogP contribution in [0.3, 0.4) is 0 Å². The summed E-state index contributed by atoms with van der Waals surface area (Å²) in [6.07, 6.45) is 7.93. The molecule has 0 aliphatic heterocycles. The lowest BCUT2D eigenvalue weighted by Gasteiger charge is -1.98. The van der Waals surface area contributed by atoms with Crippen molar-refractivity contribution in [2.75, 3.05) is 0 Å². The molecular formula is C10H12N2S. The van der Waals surface area contributed by atoms with Crippen LogP contribution in [0.2, 0.25) is 0 Å². The molecule has 1 heterocycles. The van der Waals surface area contributed by atoms with E-state index in [9.17, 15) is 0 Å². The van der Waals surface area contributed by atoms with Crippen molar-refractivity contribution >= 4 is 17.1 Å². The van der Waals surface area contributed by atoms with Crippen molar-refractivity contribution < 1.29 is 0 Å². The number of allylic oxidation sites excluding steroid dienone is 4. The van der Waals surface area contributed by atoms with Crippen molar-refractivity contribution in [3.05, 3.63) is 28.8 Å². The summed E-state index contributed by atoms with van der Waals surface area (Å²) in [5.74, 6) is 0. The molecule has 0 saturated carbocycles. The average Bonchev–Trinajstić information content (AvgIpc) is 2.56. The van der Waals surface area contributed by atoms with Crippen molar-refractivity contribution in [1.29, 1.82) is 0 Å². The van der Waals surface area contributed by atoms with E-state index in [1.165, 1.54) is 35.5 Å². The lowest BCUT2D eigenvalue weighted by Crippen LogP contribution is -1.84. The van der Waals surface area contributed by atoms with Gasteiger partial charge in [-0.25, -0.2) is 0 Å². The van der Waals surface area contributed by atoms with Gasteiger partial charge in [-0.3, -0.25) is 0 Å². The van der Waals surface area contributed by atoms with E-state index in [1.54, 1.807) is 0 Å². The predicted octanol–water partition coefficient (Wildman–Crippen LogP) is 3.05. The number of hydrogen-bond donors (Lipinski definition) is 0. The van der Waals surface area contributed by atoms with Crippen molar-refractivity contribution in [1.82, 2.24) is 9.59 Å². The summed E-state index contributed by atoms with van der Waals surface area (Å²) in [7, 11) is 0. The Balaban J connectivity index is 2.25. The minimum atomic E-state index is 1.05. The van der Waals surface area contributed by atoms with Crippen LogP contribution in [-0.2, 0) is 0 Å². The Labute approximate surface area is 82.2 Å². The largest absolute Gasteiger partial charge is 0.138 e. The molecule has 0 amide bonds. The lowest BCUT2D eigenvalue weighted by molar-refractivity contribution is 0.846. The molecule has 0 fully saturated rings. The van der Waals surface area contributed by atoms with Gasteiger partial charge >= 0.3 is 0 Å². The fourth-order valence-electron chi connectivity index (χ4n) is 1.49. The van der Waals surface area contributed by atoms with Gasteiger partial charge in [0.05, 0.1) is 0 Å². The summed E-state index contributed by atoms with van der Waals surface area (Å²) in [6, 6.07) is 0. The molecular weight excluding hydrogens is 180 g/mol. The number of nitrogens with zero attached hydrogens (tertiary/aromatic N) is 2. The van der Waals surface area contributed by atoms with Crippen LogP contribution >= 0.6 is 11.5 Å². The Morgan fingerprint density at radius 3 is 3.00 bits per heavy atom. The second kappa shape index (κ2) is 3.83. The summed E-state index contributed by atoms with van der Waals surface area (Å²) in [6.45, 7) is 2.18. The highest BCUT2D eigenvalue weighted by Crippen LogP contribution is 2.24. The maximum absolute atomic E-state index is 4.08. The average molecular weight is 192 g/mol. The zero-order valence-corrected chi connectivity index (χ0v) is 8.47. The molecule has 0 spiro atoms. The molecule has 0 radical (unpaired) electrons. The minimum absolute atomic E-state index is 1.05. The Morgan fingerprint density at radius 2 is 2.23 bits per heavy atom. The zero-order chi connectivity index (χ0) is 9.10. The first-order valence-electron chi connectivity index (χ1n) is 4.50. The molecule has 3 heteroatoms. The molecule has 0 unspecified atom stereocenters. The standard InChI is InChI=1S/C10H12N2S/c1-8-3-2-4-9(6-5-8)10-7-13-12-11-10/h5-7H,2-4H2,1H3. The van der Waals surface area contributed by atoms with Crippen LogP contribution in [0, 0.1) is 0 Å². The van der Waals surface area contributed by atoms with Crippen LogP contribution in [0.1, 0.15) is 31.9 Å². The fraction of sp³-hybridized carbons (Fsp3) is 0.400. The minimum Gasteiger partial charge on any atom is -0.138 e. The molecule has 1 aromatic heterocycles. The lowest BCUT2D eigenvalue weighted by atomic mass is 10.1. The van der Waals surface area contributed by atoms with Gasteiger partial charge in [-0.1, -0.05) is 22.2 Å². The van der Waals surface area contributed by atoms with Crippen LogP contribution in [0.4, 0.5) is 0 Å². The quantitative estimate of drug-likeness (QED) is 0.683. The third-order valence-corrected chi connectivity index (χ3v) is 2.78. The molecule has 13 heavy (non-hydrogen) atoms. The van der Waals surface area contributed by atoms with Gasteiger partial charge in [0.15, 0.2) is 0 Å². The molecule has 68 valence electrons. The molecule has 0 saturated heterocycles. The van der Waals surface area contributed by atoms with E-state index in [0.717, 1.165) is 12.1 Å². The van der Waals surface area contributed by atoms with Gasteiger partial charge in [0.1, 0.15) is 5.69 Å². The van der Waals surface area contributed by atoms with Gasteiger partial charge in [-0.05, 0) is 43.3 Å². The summed E-state index contributed by atoms with van der Waals surface area (Å²) in [4.78, 5) is 0. The number of hydrogen-bond acceptors (Lipinski definition) is 3. The van der Waals surface area contributed by atoms with E-state index >= 15 is 0 Å². The second-order valence-electron chi connectivity index (χ2n) is 3.35. The molecule has 1 aliphatic rings. The fourth-order valence-corrected chi connectivity index (χ4v) is 1.97. The van der Waals surface area contributed by atoms with Crippen LogP contribution in [0.5, 0.6) is 0 Å². The van der Waals surface area contributed by atoms with Gasteiger partial charge in [0.2, 0.25) is 0 Å². The molecule has 1 aliphatic carbocycles. The first-order valence-corrected chi connectivity index (χ1v) is 5.33. The Bertz CT molecular complexity index is 336. The number of rotatable bonds is 1. The molecule has 0 atom stereocenters. The highest BCUT2D eigenvalue weighted by molar-refractivity contribution is 7.03. The monoisotopic (exact) mass is 192 g/mol. The normalized spacial score (nSPS) is 17.6. The van der Waals surface area contributed by atoms with E-state index in [4.69, 9.17) is 0 Å². The summed E-state index contributed by atoms with van der Waals surface area (Å²) < 4.78 is 3.88. The molecule has 0 aromatic carbocycles. The van der Waals surface area contributed by atoms with Crippen LogP contribution < -0.4 is 0 Å². The molecule has 0 N–H and O–H groups in total. The summed E-state index contributed by atoms with van der Waals surface area (Å²) in [5, 5.41) is 6.09. The Morgan fingerprint density at radius 1 is 1.31 bits per heavy atom. The van der Waals surface area contributed by atoms with Crippen LogP contribution in [0.15, 0.2) is 23.1 Å². The molecule has 1 aromatic rings. The SMILES string of the molecule is CC1=CC=C(c2csnn2)CCC1. The second-order valence-corrected chi connectivity index (χ2v) is 3.96. The van der Waals surface area contributed by atoms with Crippen molar-refractivity contribution in [3.8, 4) is 0 Å². The van der Waals surface area contributed by atoms with Crippen molar-refractivity contribution in [3.63, 3.8) is 0 Å². The van der Waals surface area contributed by atoms with Gasteiger partial charge in [0, 0.05) is 5.38 Å². The molecule has 0 bridgehead atoms. The summed E-state index contributed by atoms with van der Waals surface area (Å²) in [5.41, 5.74) is 3.83. The first-order chi connectivity index (χ1) is 6.36. The Hall–Kier alpha value is -0.960. The van der Waals surface area contributed by atoms with Crippen LogP contribution in [-0.4, -0.2) is 9.59 Å². The van der Waals surface area contributed by atoms with Crippen molar-refractivity contribution in [2.24, 2.45) is 0 Å². The summed E-state index contributed by atoms with van der Waals surface area (Å²) >= 11 is 1.42. The topological polar surface area (TPSA) is 25.8 Å². The van der Waals surface area contributed by atoms with E-state index in [-0.39, 0.29) is 0 Å². The van der Waals surface area contributed by atoms with Crippen molar-refractivity contribution in [2.45, 2.75) is 26.2 Å². The van der Waals surface area contributed by atoms with E-state index in [0.29, 0.717) is 0 Å². The van der Waals surface area contributed by atoms with E-state index < -0.39 is 0 Å². The maximum atomic E-state index is 4.08. The van der Waals surface area contributed by atoms with Gasteiger partial charge in [-0.15, -0.1) is 5.10 Å². The third-order valence-electron chi connectivity index (χ3n) is 2.28. The molecule has 2 rings (SSSR count). The highest BCUT2D eigenvalue weighted by atomic mass is 32.1. The highest BCUT2D eigenvalue weighted by Gasteiger charge is 2.06. The van der Waals surface area contributed by atoms with Crippen LogP contribution in [0.25, 0.3) is 5.57 Å². The Kier molecular flexibility index (Phi) is 2.54. The first kappa shape index (κ1) is 8.63. The van der Waals surface area contributed by atoms with E-state index in [1.807, 2.05) is 5.38 Å². The van der Waals surface area contributed by atoms with Gasteiger partial charge in [-0.2, -0.15) is 0 Å². The smallest absolute Gasteiger partial charge is 0.101 e. The maximum Gasteiger partial charge on any atom is 0.101 e. The van der Waals surface area contributed by atoms with Gasteiger partial charge in [0.25, 0.3) is 0 Å². The van der Waals surface area contributed by atoms with E-state index in [2.05, 4.69) is 28.7 Å². The number of aromatic nitrogens is 2. The third kappa shape index (κ3) is 2.04. The predicted molar refractivity (Wildman–Crippen MR) is 55.5 cm³/mol.